The molecule has 1 N–H and O–H groups in total. The zero-order valence-corrected chi connectivity index (χ0v) is 21.1. The Morgan fingerprint density at radius 2 is 1.97 bits per heavy atom. The monoisotopic (exact) mass is 499 g/mol. The second-order valence-corrected chi connectivity index (χ2v) is 9.55. The van der Waals surface area contributed by atoms with Crippen LogP contribution in [0.3, 0.4) is 0 Å². The Morgan fingerprint density at radius 1 is 1.19 bits per heavy atom. The van der Waals surface area contributed by atoms with E-state index < -0.39 is 23.6 Å². The molecule has 0 fully saturated rings. The quantitative estimate of drug-likeness (QED) is 0.257. The number of carbonyl (C=O) groups excluding carboxylic acids is 3. The molecule has 0 saturated carbocycles. The second-order valence-electron chi connectivity index (χ2n) is 9.55. The summed E-state index contributed by atoms with van der Waals surface area (Å²) in [4.78, 5) is 38.1. The van der Waals surface area contributed by atoms with Crippen molar-refractivity contribution in [2.45, 2.75) is 52.2 Å². The van der Waals surface area contributed by atoms with E-state index in [1.54, 1.807) is 39.0 Å². The number of hydrogen-bond donors (Lipinski definition) is 1. The SMILES string of the molecule is COC(=O)CC1Cc2ccc(OCCCN(C(=O)OC(C)(C)C)c3cccc[n+]3[O-])cc2CNC1=O. The van der Waals surface area contributed by atoms with E-state index >= 15 is 0 Å². The van der Waals surface area contributed by atoms with Crippen LogP contribution in [0.1, 0.15) is 44.7 Å². The smallest absolute Gasteiger partial charge is 0.507 e. The molecule has 0 saturated heterocycles. The number of methoxy groups -OCH3 is 1. The summed E-state index contributed by atoms with van der Waals surface area (Å²) >= 11 is 0. The van der Waals surface area contributed by atoms with Gasteiger partial charge >= 0.3 is 12.1 Å². The number of rotatable bonds is 8. The fraction of sp³-hybridized carbons (Fsp3) is 0.462. The Morgan fingerprint density at radius 3 is 2.67 bits per heavy atom. The molecule has 2 aromatic rings. The summed E-state index contributed by atoms with van der Waals surface area (Å²) in [6.45, 7) is 6.15. The number of nitrogens with one attached hydrogen (secondary N) is 1. The van der Waals surface area contributed by atoms with Crippen LogP contribution in [0.2, 0.25) is 0 Å². The van der Waals surface area contributed by atoms with E-state index in [1.807, 2.05) is 18.2 Å². The van der Waals surface area contributed by atoms with Crippen molar-refractivity contribution < 1.29 is 33.3 Å². The minimum absolute atomic E-state index is 0.0267. The van der Waals surface area contributed by atoms with Crippen LogP contribution in [0.4, 0.5) is 10.6 Å². The molecule has 0 spiro atoms. The predicted molar refractivity (Wildman–Crippen MR) is 131 cm³/mol. The number of aromatic nitrogens is 1. The number of fused-ring (bicyclic) bond motifs is 1. The Labute approximate surface area is 210 Å². The van der Waals surface area contributed by atoms with Crippen LogP contribution in [-0.4, -0.2) is 43.8 Å². The Bertz CT molecular complexity index is 1100. The molecule has 1 unspecified atom stereocenters. The molecule has 3 rings (SSSR count). The lowest BCUT2D eigenvalue weighted by Crippen LogP contribution is -2.44. The van der Waals surface area contributed by atoms with E-state index in [1.165, 1.54) is 18.2 Å². The second kappa shape index (κ2) is 11.7. The normalized spacial score (nSPS) is 15.2. The highest BCUT2D eigenvalue weighted by Crippen LogP contribution is 2.25. The minimum Gasteiger partial charge on any atom is -0.711 e. The van der Waals surface area contributed by atoms with Crippen molar-refractivity contribution in [2.24, 2.45) is 5.92 Å². The lowest BCUT2D eigenvalue weighted by atomic mass is 9.94. The van der Waals surface area contributed by atoms with Crippen LogP contribution in [0.25, 0.3) is 0 Å². The number of amides is 2. The summed E-state index contributed by atoms with van der Waals surface area (Å²) in [6, 6.07) is 10.4. The number of hydrogen-bond acceptors (Lipinski definition) is 7. The van der Waals surface area contributed by atoms with Crippen molar-refractivity contribution in [3.63, 3.8) is 0 Å². The van der Waals surface area contributed by atoms with Gasteiger partial charge in [-0.3, -0.25) is 9.59 Å². The molecule has 10 heteroatoms. The first kappa shape index (κ1) is 26.8. The molecule has 2 heterocycles. The van der Waals surface area contributed by atoms with E-state index in [2.05, 4.69) is 5.32 Å². The Kier molecular flexibility index (Phi) is 8.73. The highest BCUT2D eigenvalue weighted by atomic mass is 16.6. The van der Waals surface area contributed by atoms with E-state index in [9.17, 15) is 19.6 Å². The van der Waals surface area contributed by atoms with Crippen molar-refractivity contribution in [1.29, 1.82) is 0 Å². The van der Waals surface area contributed by atoms with Crippen molar-refractivity contribution in [3.05, 3.63) is 58.9 Å². The predicted octanol–water partition coefficient (Wildman–Crippen LogP) is 2.88. The van der Waals surface area contributed by atoms with Gasteiger partial charge in [0.05, 0.1) is 32.3 Å². The van der Waals surface area contributed by atoms with Gasteiger partial charge in [-0.15, -0.1) is 0 Å². The van der Waals surface area contributed by atoms with Gasteiger partial charge in [0.15, 0.2) is 0 Å². The van der Waals surface area contributed by atoms with E-state index in [0.717, 1.165) is 11.1 Å². The average molecular weight is 500 g/mol. The standard InChI is InChI=1S/C26H33N3O7/c1-26(2,3)36-25(32)28(22-8-5-6-12-29(22)33)11-7-13-35-21-10-9-18-14-19(16-23(30)34-4)24(31)27-17-20(18)15-21/h5-6,8-10,12,15,19H,7,11,13-14,16-17H2,1-4H3,(H,27,31). The summed E-state index contributed by atoms with van der Waals surface area (Å²) in [5.74, 6) is -0.285. The minimum atomic E-state index is -0.707. The zero-order valence-electron chi connectivity index (χ0n) is 21.1. The lowest BCUT2D eigenvalue weighted by Gasteiger charge is -2.23. The third kappa shape index (κ3) is 7.34. The fourth-order valence-corrected chi connectivity index (χ4v) is 3.85. The number of pyridine rings is 1. The van der Waals surface area contributed by atoms with Gasteiger partial charge in [0, 0.05) is 19.0 Å². The fourth-order valence-electron chi connectivity index (χ4n) is 3.85. The molecular weight excluding hydrogens is 466 g/mol. The summed E-state index contributed by atoms with van der Waals surface area (Å²) in [5, 5.41) is 15.1. The molecule has 0 aliphatic carbocycles. The molecule has 1 atom stereocenters. The van der Waals surface area contributed by atoms with Crippen molar-refractivity contribution in [3.8, 4) is 5.75 Å². The largest absolute Gasteiger partial charge is 0.711 e. The maximum absolute atomic E-state index is 12.8. The molecule has 1 aromatic heterocycles. The zero-order chi connectivity index (χ0) is 26.3. The highest BCUT2D eigenvalue weighted by molar-refractivity contribution is 5.86. The van der Waals surface area contributed by atoms with Crippen molar-refractivity contribution >= 4 is 23.8 Å². The summed E-state index contributed by atoms with van der Waals surface area (Å²) in [7, 11) is 1.31. The molecular formula is C26H33N3O7. The maximum Gasteiger partial charge on any atom is 0.507 e. The topological polar surface area (TPSA) is 121 Å². The molecule has 1 aromatic carbocycles. The molecule has 0 bridgehead atoms. The summed E-state index contributed by atoms with van der Waals surface area (Å²) < 4.78 is 16.7. The third-order valence-electron chi connectivity index (χ3n) is 5.60. The highest BCUT2D eigenvalue weighted by Gasteiger charge is 2.31. The molecule has 1 aliphatic rings. The molecule has 194 valence electrons. The van der Waals surface area contributed by atoms with Gasteiger partial charge in [0.1, 0.15) is 17.9 Å². The average Bonchev–Trinajstić information content (AvgIpc) is 2.97. The van der Waals surface area contributed by atoms with Gasteiger partial charge < -0.3 is 24.7 Å². The lowest BCUT2D eigenvalue weighted by molar-refractivity contribution is -0.591. The molecule has 1 aliphatic heterocycles. The number of nitrogens with zero attached hydrogens (tertiary/aromatic N) is 2. The Balaban J connectivity index is 1.62. The molecule has 2 amide bonds. The first-order chi connectivity index (χ1) is 17.1. The molecule has 0 radical (unpaired) electrons. The van der Waals surface area contributed by atoms with Crippen LogP contribution in [0, 0.1) is 11.1 Å². The van der Waals surface area contributed by atoms with Crippen LogP contribution in [-0.2, 0) is 32.0 Å². The number of esters is 1. The van der Waals surface area contributed by atoms with E-state index in [-0.39, 0.29) is 24.7 Å². The summed E-state index contributed by atoms with van der Waals surface area (Å²) in [6.07, 6.45) is 1.63. The van der Waals surface area contributed by atoms with E-state index in [4.69, 9.17) is 14.2 Å². The van der Waals surface area contributed by atoms with Gasteiger partial charge in [-0.25, -0.2) is 4.73 Å². The van der Waals surface area contributed by atoms with Crippen LogP contribution in [0.15, 0.2) is 42.6 Å². The molecule has 10 nitrogen and oxygen atoms in total. The van der Waals surface area contributed by atoms with Crippen molar-refractivity contribution in [2.75, 3.05) is 25.2 Å². The molecule has 36 heavy (non-hydrogen) atoms. The third-order valence-corrected chi connectivity index (χ3v) is 5.60. The van der Waals surface area contributed by atoms with Gasteiger partial charge in [0.2, 0.25) is 5.91 Å². The van der Waals surface area contributed by atoms with E-state index in [0.29, 0.717) is 36.5 Å². The first-order valence-corrected chi connectivity index (χ1v) is 11.8. The number of benzene rings is 1. The maximum atomic E-state index is 12.8. The van der Waals surface area contributed by atoms with Gasteiger partial charge in [0.25, 0.3) is 5.82 Å². The first-order valence-electron chi connectivity index (χ1n) is 11.8. The van der Waals surface area contributed by atoms with Gasteiger partial charge in [-0.2, -0.15) is 9.69 Å². The van der Waals surface area contributed by atoms with Crippen LogP contribution < -0.4 is 19.7 Å². The van der Waals surface area contributed by atoms with Crippen LogP contribution in [0.5, 0.6) is 5.75 Å². The van der Waals surface area contributed by atoms with Gasteiger partial charge in [-0.1, -0.05) is 12.1 Å². The number of carbonyl (C=O) groups is 3. The van der Waals surface area contributed by atoms with Crippen molar-refractivity contribution in [1.82, 2.24) is 5.32 Å². The summed E-state index contributed by atoms with van der Waals surface area (Å²) in [5.41, 5.74) is 1.18. The number of ether oxygens (including phenoxy) is 3. The van der Waals surface area contributed by atoms with Crippen LogP contribution >= 0.6 is 0 Å². The Hall–Kier alpha value is -3.82. The number of anilines is 1. The van der Waals surface area contributed by atoms with Gasteiger partial charge in [-0.05, 0) is 56.5 Å².